The van der Waals surface area contributed by atoms with Crippen LogP contribution in [0.15, 0.2) is 282 Å². The monoisotopic (exact) mass is 1730 g/mol. The van der Waals surface area contributed by atoms with Crippen LogP contribution in [0.2, 0.25) is 25.1 Å². The van der Waals surface area contributed by atoms with Crippen LogP contribution >= 0.6 is 58.0 Å². The molecule has 8 aromatic carbocycles. The number of para-hydroxylation sites is 4. The number of halogens is 6. The number of nitrogens with two attached hydrogens (primary N) is 1. The van der Waals surface area contributed by atoms with Crippen molar-refractivity contribution < 1.29 is 4.39 Å². The lowest BCUT2D eigenvalue weighted by Gasteiger charge is -2.22. The van der Waals surface area contributed by atoms with Gasteiger partial charge in [-0.05, 0) is 146 Å². The van der Waals surface area contributed by atoms with Crippen LogP contribution in [-0.4, -0.2) is 88.0 Å². The van der Waals surface area contributed by atoms with Crippen LogP contribution in [0.1, 0.15) is 74.6 Å². The third-order valence-corrected chi connectivity index (χ3v) is 22.3. The molecule has 0 aliphatic rings. The summed E-state index contributed by atoms with van der Waals surface area (Å²) >= 11 is 31.8. The Bertz CT molecular complexity index is 7230. The van der Waals surface area contributed by atoms with E-state index in [1.807, 2.05) is 222 Å². The number of aromatic nitrogens is 18. The zero-order chi connectivity index (χ0) is 85.3. The van der Waals surface area contributed by atoms with Gasteiger partial charge in [0.1, 0.15) is 52.9 Å². The van der Waals surface area contributed by atoms with Crippen molar-refractivity contribution in [3.8, 4) is 22.7 Å². The molecule has 0 amide bonds. The van der Waals surface area contributed by atoms with Crippen LogP contribution < -0.4 is 49.2 Å². The van der Waals surface area contributed by atoms with Crippen LogP contribution in [-0.2, 0) is 0 Å². The number of nitrogens with one attached hydrogen (secondary N) is 8. The van der Waals surface area contributed by atoms with Crippen LogP contribution in [0.3, 0.4) is 0 Å². The fourth-order valence-corrected chi connectivity index (χ4v) is 16.3. The van der Waals surface area contributed by atoms with E-state index in [4.69, 9.17) is 63.7 Å². The molecular weight excluding hydrogens is 1660 g/mol. The van der Waals surface area contributed by atoms with Crippen molar-refractivity contribution in [2.24, 2.45) is 0 Å². The lowest BCUT2D eigenvalue weighted by Crippen LogP contribution is -2.26. The molecule has 0 radical (unpaired) electrons. The molecule has 123 heavy (non-hydrogen) atoms. The summed E-state index contributed by atoms with van der Waals surface area (Å²) in [7, 11) is 0. The number of pyridine rings is 4. The van der Waals surface area contributed by atoms with Gasteiger partial charge in [-0.25, -0.2) is 44.3 Å². The van der Waals surface area contributed by atoms with Gasteiger partial charge in [0, 0.05) is 57.9 Å². The molecule has 0 saturated carbocycles. The maximum atomic E-state index is 14.3. The van der Waals surface area contributed by atoms with E-state index in [9.17, 15) is 23.6 Å². The van der Waals surface area contributed by atoms with Gasteiger partial charge in [0.05, 0.1) is 94.3 Å². The lowest BCUT2D eigenvalue weighted by atomic mass is 10.1. The van der Waals surface area contributed by atoms with Crippen molar-refractivity contribution in [2.75, 3.05) is 27.0 Å². The SMILES string of the molecule is C[C@H](Nc1nc(N)nc2nc[nH]c12)c1cc2cccc(Cl)c2c(=O)n1-c1ccccc1.C[C@H](Nc1ncnc2[nH]cc(Cl)c12)c1cc2cccc(Cl)c2c(=O)n1-c1ccccc1.C[C@H](Nc1ncnc2[nH]cc(F)c12)c1cc2cccc(Cl)c2c(=O)n1-c1ccccc1.C[C@H](Nc1ncnc2nc[nH]c12)c1cc2cccc(Cl)c2c(=O)n1-c1ccccc1. The predicted molar refractivity (Wildman–Crippen MR) is 487 cm³/mol. The maximum absolute atomic E-state index is 14.3. The summed E-state index contributed by atoms with van der Waals surface area (Å²) in [4.78, 5) is 108. The highest BCUT2D eigenvalue weighted by atomic mass is 35.5. The second kappa shape index (κ2) is 34.6. The minimum atomic E-state index is -0.448. The minimum absolute atomic E-state index is 0.111. The molecule has 0 aliphatic heterocycles. The maximum Gasteiger partial charge on any atom is 0.264 e. The number of nitrogens with zero attached hydrogens (tertiary/aromatic N) is 14. The van der Waals surface area contributed by atoms with E-state index >= 15 is 0 Å². The summed E-state index contributed by atoms with van der Waals surface area (Å²) < 4.78 is 21.0. The van der Waals surface area contributed by atoms with E-state index in [0.29, 0.717) is 120 Å². The van der Waals surface area contributed by atoms with Crippen molar-refractivity contribution in [3.63, 3.8) is 0 Å². The molecule has 0 fully saturated rings. The second-order valence-corrected chi connectivity index (χ2v) is 30.5. The highest BCUT2D eigenvalue weighted by Crippen LogP contribution is 2.36. The highest BCUT2D eigenvalue weighted by Gasteiger charge is 2.26. The van der Waals surface area contributed by atoms with Crippen molar-refractivity contribution in [1.82, 2.24) is 88.0 Å². The number of H-pyrrole nitrogens is 4. The first-order valence-corrected chi connectivity index (χ1v) is 40.3. The summed E-state index contributed by atoms with van der Waals surface area (Å²) in [6.07, 6.45) is 10.3. The number of nitrogen functional groups attached to an aromatic ring is 1. The topological polar surface area (TPSA) is 354 Å². The average molecular weight is 1730 g/mol. The van der Waals surface area contributed by atoms with Crippen molar-refractivity contribution in [2.45, 2.75) is 51.9 Å². The molecular formula is C90H69Cl5FN23O4. The lowest BCUT2D eigenvalue weighted by molar-refractivity contribution is 0.639. The summed E-state index contributed by atoms with van der Waals surface area (Å²) in [5.74, 6) is 1.71. The molecule has 0 aliphatic carbocycles. The number of hydrogen-bond acceptors (Lipinski definition) is 19. The second-order valence-electron chi connectivity index (χ2n) is 28.5. The third kappa shape index (κ3) is 15.9. The number of rotatable bonds is 16. The number of benzene rings is 8. The zero-order valence-corrected chi connectivity index (χ0v) is 69.2. The third-order valence-electron chi connectivity index (χ3n) is 20.7. The quantitative estimate of drug-likeness (QED) is 0.0434. The molecule has 20 aromatic rings. The van der Waals surface area contributed by atoms with Crippen LogP contribution in [0, 0.1) is 5.82 Å². The van der Waals surface area contributed by atoms with Gasteiger partial charge in [0.25, 0.3) is 22.2 Å². The average Bonchev–Trinajstić information content (AvgIpc) is 1.75. The van der Waals surface area contributed by atoms with Crippen molar-refractivity contribution in [3.05, 3.63) is 358 Å². The first-order valence-electron chi connectivity index (χ1n) is 38.5. The molecule has 12 aromatic heterocycles. The Labute approximate surface area is 721 Å². The number of anilines is 5. The van der Waals surface area contributed by atoms with E-state index < -0.39 is 5.82 Å². The Hall–Kier alpha value is -14.7. The number of hydrogen-bond donors (Lipinski definition) is 9. The highest BCUT2D eigenvalue weighted by molar-refractivity contribution is 6.37. The normalized spacial score (nSPS) is 12.3. The molecule has 610 valence electrons. The standard InChI is InChI=1S/C23H17Cl2N5O.C23H17ClFN5O.C22H18ClN7O.C22H17ClN6O/c2*1-13(29-22-20-17(25)11-26-21(20)27-12-28-22)18-10-14-6-5-9-16(24)19(14)23(31)30(18)15-7-3-2-4-8-15;1-12(27-20-18-19(26-11-25-18)28-22(24)29-20)16-10-13-6-5-9-15(23)17(13)21(31)30(16)14-7-3-2-4-8-14;1-13(28-21-19-20(25-11-24-19)26-12-27-21)17-10-14-6-5-9-16(23)18(14)22(30)29(17)15-7-3-2-4-8-15/h2*2-13H,1H3,(H2,26,27,28,29);2-12H,1H3,(H4,24,25,26,27,28,29);2-13H,1H3,(H2,24,25,26,27,28)/t2*13-;12-;13-/m0000/s1. The molecule has 0 spiro atoms. The Morgan fingerprint density at radius 3 is 1.06 bits per heavy atom. The first kappa shape index (κ1) is 80.7. The fourth-order valence-electron chi connectivity index (χ4n) is 15.0. The van der Waals surface area contributed by atoms with Crippen LogP contribution in [0.25, 0.3) is 110 Å². The van der Waals surface area contributed by atoms with Crippen LogP contribution in [0.4, 0.5) is 33.6 Å². The molecule has 20 rings (SSSR count). The van der Waals surface area contributed by atoms with Gasteiger partial charge in [0.2, 0.25) is 5.95 Å². The van der Waals surface area contributed by atoms with Gasteiger partial charge in [0.15, 0.2) is 28.7 Å². The predicted octanol–water partition coefficient (Wildman–Crippen LogP) is 19.5. The summed E-state index contributed by atoms with van der Waals surface area (Å²) in [6, 6.07) is 66.1. The Morgan fingerprint density at radius 1 is 0.333 bits per heavy atom. The van der Waals surface area contributed by atoms with Crippen molar-refractivity contribution >= 4 is 175 Å². The fraction of sp³-hybridized carbons (Fsp3) is 0.0889. The van der Waals surface area contributed by atoms with E-state index in [-0.39, 0.29) is 57.7 Å². The molecule has 0 unspecified atom stereocenters. The van der Waals surface area contributed by atoms with Gasteiger partial charge in [-0.3, -0.25) is 37.4 Å². The summed E-state index contributed by atoms with van der Waals surface area (Å²) in [6.45, 7) is 7.79. The minimum Gasteiger partial charge on any atom is -0.368 e. The van der Waals surface area contributed by atoms with E-state index in [1.165, 1.54) is 31.5 Å². The van der Waals surface area contributed by atoms with Gasteiger partial charge >= 0.3 is 0 Å². The molecule has 33 heteroatoms. The van der Waals surface area contributed by atoms with Crippen molar-refractivity contribution in [1.29, 1.82) is 0 Å². The largest absolute Gasteiger partial charge is 0.368 e. The Kier molecular flexibility index (Phi) is 22.7. The van der Waals surface area contributed by atoms with E-state index in [0.717, 1.165) is 55.7 Å². The Balaban J connectivity index is 0.000000116. The first-order chi connectivity index (χ1) is 59.7. The summed E-state index contributed by atoms with van der Waals surface area (Å²) in [5.41, 5.74) is 14.5. The molecule has 0 bridgehead atoms. The van der Waals surface area contributed by atoms with Crippen LogP contribution in [0.5, 0.6) is 0 Å². The smallest absolute Gasteiger partial charge is 0.264 e. The molecule has 4 atom stereocenters. The number of aromatic amines is 4. The zero-order valence-electron chi connectivity index (χ0n) is 65.4. The molecule has 27 nitrogen and oxygen atoms in total. The number of fused-ring (bicyclic) bond motifs is 8. The van der Waals surface area contributed by atoms with Gasteiger partial charge in [-0.1, -0.05) is 179 Å². The summed E-state index contributed by atoms with van der Waals surface area (Å²) in [5, 5.41) is 21.5. The van der Waals surface area contributed by atoms with Gasteiger partial charge < -0.3 is 46.9 Å². The van der Waals surface area contributed by atoms with Gasteiger partial charge in [-0.15, -0.1) is 0 Å². The van der Waals surface area contributed by atoms with E-state index in [1.54, 1.807) is 55.1 Å². The van der Waals surface area contributed by atoms with E-state index in [2.05, 4.69) is 91.0 Å². The van der Waals surface area contributed by atoms with Gasteiger partial charge in [-0.2, -0.15) is 9.97 Å². The number of imidazole rings is 2. The molecule has 10 N–H and O–H groups in total. The molecule has 12 heterocycles. The Morgan fingerprint density at radius 2 is 0.659 bits per heavy atom. The molecule has 0 saturated heterocycles.